The molecule has 2 rings (SSSR count). The smallest absolute Gasteiger partial charge is 0.166 e. The van der Waals surface area contributed by atoms with Gasteiger partial charge in [-0.15, -0.1) is 0 Å². The van der Waals surface area contributed by atoms with Gasteiger partial charge in [0.25, 0.3) is 0 Å². The maximum Gasteiger partial charge on any atom is 0.166 e. The van der Waals surface area contributed by atoms with Crippen molar-refractivity contribution in [1.29, 1.82) is 0 Å². The summed E-state index contributed by atoms with van der Waals surface area (Å²) < 4.78 is 0. The molecular weight excluding hydrogens is 245 g/mol. The molecule has 0 amide bonds. The van der Waals surface area contributed by atoms with E-state index in [2.05, 4.69) is 5.32 Å². The van der Waals surface area contributed by atoms with Crippen LogP contribution in [0.15, 0.2) is 18.2 Å². The van der Waals surface area contributed by atoms with Crippen LogP contribution in [0.3, 0.4) is 0 Å². The van der Waals surface area contributed by atoms with Gasteiger partial charge in [0, 0.05) is 21.5 Å². The molecule has 1 N–H and O–H groups in total. The van der Waals surface area contributed by atoms with E-state index in [9.17, 15) is 4.79 Å². The van der Waals surface area contributed by atoms with E-state index in [0.717, 1.165) is 25.9 Å². The van der Waals surface area contributed by atoms with E-state index in [-0.39, 0.29) is 11.7 Å². The molecule has 0 aliphatic carbocycles. The Morgan fingerprint density at radius 3 is 2.25 bits per heavy atom. The summed E-state index contributed by atoms with van der Waals surface area (Å²) in [7, 11) is 0. The van der Waals surface area contributed by atoms with Gasteiger partial charge in [0.1, 0.15) is 0 Å². The van der Waals surface area contributed by atoms with Crippen LogP contribution in [0.4, 0.5) is 0 Å². The van der Waals surface area contributed by atoms with Crippen LogP contribution in [-0.4, -0.2) is 18.9 Å². The highest BCUT2D eigenvalue weighted by atomic mass is 35.5. The molecule has 0 spiro atoms. The zero-order valence-electron chi connectivity index (χ0n) is 8.80. The van der Waals surface area contributed by atoms with Gasteiger partial charge < -0.3 is 5.32 Å². The number of carbonyl (C=O) groups is 1. The lowest BCUT2D eigenvalue weighted by Gasteiger charge is -2.21. The summed E-state index contributed by atoms with van der Waals surface area (Å²) in [6, 6.07) is 5.03. The summed E-state index contributed by atoms with van der Waals surface area (Å²) in [6.07, 6.45) is 1.78. The van der Waals surface area contributed by atoms with Gasteiger partial charge in [0.15, 0.2) is 5.78 Å². The summed E-state index contributed by atoms with van der Waals surface area (Å²) in [4.78, 5) is 12.2. The molecule has 0 atom stereocenters. The van der Waals surface area contributed by atoms with Gasteiger partial charge in [-0.1, -0.05) is 23.2 Å². The molecule has 1 aliphatic heterocycles. The molecule has 86 valence electrons. The third kappa shape index (κ3) is 2.76. The molecule has 4 heteroatoms. The van der Waals surface area contributed by atoms with Crippen molar-refractivity contribution in [3.8, 4) is 0 Å². The fourth-order valence-electron chi connectivity index (χ4n) is 2.02. The highest BCUT2D eigenvalue weighted by Crippen LogP contribution is 2.24. The van der Waals surface area contributed by atoms with Crippen LogP contribution in [0.1, 0.15) is 23.2 Å². The quantitative estimate of drug-likeness (QED) is 0.825. The van der Waals surface area contributed by atoms with Gasteiger partial charge in [0.05, 0.1) is 0 Å². The lowest BCUT2D eigenvalue weighted by Crippen LogP contribution is -2.31. The number of carbonyl (C=O) groups excluding carboxylic acids is 1. The second kappa shape index (κ2) is 5.17. The first-order valence-corrected chi connectivity index (χ1v) is 6.13. The average molecular weight is 258 g/mol. The average Bonchev–Trinajstić information content (AvgIpc) is 2.28. The number of piperidine rings is 1. The normalized spacial score (nSPS) is 17.4. The maximum atomic E-state index is 12.2. The Hall–Kier alpha value is -0.570. The molecule has 0 saturated carbocycles. The van der Waals surface area contributed by atoms with Crippen LogP contribution in [0, 0.1) is 5.92 Å². The second-order valence-electron chi connectivity index (χ2n) is 4.05. The minimum Gasteiger partial charge on any atom is -0.317 e. The number of Topliss-reactive ketones (excluding diaryl/α,β-unsaturated/α-hetero) is 1. The monoisotopic (exact) mass is 257 g/mol. The molecule has 1 fully saturated rings. The van der Waals surface area contributed by atoms with E-state index in [1.54, 1.807) is 18.2 Å². The summed E-state index contributed by atoms with van der Waals surface area (Å²) >= 11 is 11.8. The Morgan fingerprint density at radius 1 is 1.12 bits per heavy atom. The van der Waals surface area contributed by atoms with Crippen molar-refractivity contribution in [1.82, 2.24) is 5.32 Å². The van der Waals surface area contributed by atoms with Crippen LogP contribution >= 0.6 is 23.2 Å². The Balaban J connectivity index is 2.19. The number of halogens is 2. The summed E-state index contributed by atoms with van der Waals surface area (Å²) in [5, 5.41) is 4.28. The first-order valence-electron chi connectivity index (χ1n) is 5.38. The second-order valence-corrected chi connectivity index (χ2v) is 4.92. The van der Waals surface area contributed by atoms with Gasteiger partial charge in [-0.2, -0.15) is 0 Å². The molecule has 0 unspecified atom stereocenters. The van der Waals surface area contributed by atoms with Crippen LogP contribution in [0.25, 0.3) is 0 Å². The molecule has 1 aromatic rings. The first-order chi connectivity index (χ1) is 7.66. The number of ketones is 1. The highest BCUT2D eigenvalue weighted by Gasteiger charge is 2.22. The fraction of sp³-hybridized carbons (Fsp3) is 0.417. The van der Waals surface area contributed by atoms with Gasteiger partial charge in [-0.05, 0) is 44.1 Å². The lowest BCUT2D eigenvalue weighted by molar-refractivity contribution is 0.0895. The van der Waals surface area contributed by atoms with Crippen LogP contribution in [0.2, 0.25) is 10.0 Å². The number of hydrogen-bond donors (Lipinski definition) is 1. The van der Waals surface area contributed by atoms with Crippen molar-refractivity contribution in [3.63, 3.8) is 0 Å². The van der Waals surface area contributed by atoms with Crippen LogP contribution in [0.5, 0.6) is 0 Å². The summed E-state index contributed by atoms with van der Waals surface area (Å²) in [5.74, 6) is 0.265. The SMILES string of the molecule is O=C(c1cc(Cl)cc(Cl)c1)C1CCNCC1. The summed E-state index contributed by atoms with van der Waals surface area (Å²) in [5.41, 5.74) is 0.629. The Labute approximate surface area is 105 Å². The minimum absolute atomic E-state index is 0.107. The minimum atomic E-state index is 0.107. The maximum absolute atomic E-state index is 12.2. The van der Waals surface area contributed by atoms with E-state index in [1.807, 2.05) is 0 Å². The molecule has 1 heterocycles. The van der Waals surface area contributed by atoms with E-state index in [4.69, 9.17) is 23.2 Å². The summed E-state index contributed by atoms with van der Waals surface area (Å²) in [6.45, 7) is 1.81. The number of hydrogen-bond acceptors (Lipinski definition) is 2. The first kappa shape index (κ1) is 11.9. The highest BCUT2D eigenvalue weighted by molar-refractivity contribution is 6.35. The predicted octanol–water partition coefficient (Wildman–Crippen LogP) is 3.18. The molecule has 2 nitrogen and oxygen atoms in total. The van der Waals surface area contributed by atoms with E-state index < -0.39 is 0 Å². The predicted molar refractivity (Wildman–Crippen MR) is 66.4 cm³/mol. The molecule has 1 saturated heterocycles. The largest absolute Gasteiger partial charge is 0.317 e. The van der Waals surface area contributed by atoms with Crippen molar-refractivity contribution >= 4 is 29.0 Å². The van der Waals surface area contributed by atoms with E-state index in [0.29, 0.717) is 15.6 Å². The van der Waals surface area contributed by atoms with Crippen molar-refractivity contribution in [3.05, 3.63) is 33.8 Å². The molecule has 1 aliphatic rings. The zero-order valence-corrected chi connectivity index (χ0v) is 10.3. The van der Waals surface area contributed by atoms with Crippen molar-refractivity contribution in [2.75, 3.05) is 13.1 Å². The molecule has 1 aromatic carbocycles. The van der Waals surface area contributed by atoms with Crippen molar-refractivity contribution in [2.45, 2.75) is 12.8 Å². The molecule has 0 aromatic heterocycles. The Kier molecular flexibility index (Phi) is 3.85. The van der Waals surface area contributed by atoms with Crippen LogP contribution < -0.4 is 5.32 Å². The Bertz CT molecular complexity index is 380. The molecule has 0 radical (unpaired) electrons. The van der Waals surface area contributed by atoms with E-state index in [1.165, 1.54) is 0 Å². The van der Waals surface area contributed by atoms with Gasteiger partial charge >= 0.3 is 0 Å². The van der Waals surface area contributed by atoms with E-state index >= 15 is 0 Å². The van der Waals surface area contributed by atoms with Gasteiger partial charge in [-0.25, -0.2) is 0 Å². The number of benzene rings is 1. The Morgan fingerprint density at radius 2 is 1.69 bits per heavy atom. The van der Waals surface area contributed by atoms with Crippen molar-refractivity contribution < 1.29 is 4.79 Å². The number of rotatable bonds is 2. The van der Waals surface area contributed by atoms with Crippen LogP contribution in [-0.2, 0) is 0 Å². The topological polar surface area (TPSA) is 29.1 Å². The fourth-order valence-corrected chi connectivity index (χ4v) is 2.54. The molecule has 0 bridgehead atoms. The third-order valence-electron chi connectivity index (χ3n) is 2.86. The zero-order chi connectivity index (χ0) is 11.5. The van der Waals surface area contributed by atoms with Gasteiger partial charge in [-0.3, -0.25) is 4.79 Å². The third-order valence-corrected chi connectivity index (χ3v) is 3.29. The molecule has 16 heavy (non-hydrogen) atoms. The van der Waals surface area contributed by atoms with Gasteiger partial charge in [0.2, 0.25) is 0 Å². The standard InChI is InChI=1S/C12H13Cl2NO/c13-10-5-9(6-11(14)7-10)12(16)8-1-3-15-4-2-8/h5-8,15H,1-4H2. The molecular formula is C12H13Cl2NO. The number of nitrogens with one attached hydrogen (secondary N) is 1. The van der Waals surface area contributed by atoms with Crippen molar-refractivity contribution in [2.24, 2.45) is 5.92 Å². The lowest BCUT2D eigenvalue weighted by atomic mass is 9.90.